The SMILES string of the molecule is C=CC(C)(SC(=S)N1CCN(C(=S)SC(C)(CC)C(=O)O)CC1)C(=O)O.CCC(C)=O.Cl.ClC(Cl)Cl.S=C([S-])N1CCN(C(=S)[S-])CC1.[Na+].[Na+]. The number of carbonyl (C=O) groups is 3. The van der Waals surface area contributed by atoms with Crippen molar-refractivity contribution >= 4 is 180 Å². The molecule has 0 radical (unpaired) electrons. The van der Waals surface area contributed by atoms with Gasteiger partial charge in [0.25, 0.3) is 0 Å². The van der Waals surface area contributed by atoms with Crippen LogP contribution in [0.1, 0.15) is 47.5 Å². The number of alkyl halides is 3. The van der Waals surface area contributed by atoms with Crippen molar-refractivity contribution in [2.45, 2.75) is 61.2 Å². The average Bonchev–Trinajstić information content (AvgIpc) is 3.00. The maximum atomic E-state index is 11.4. The van der Waals surface area contributed by atoms with Gasteiger partial charge in [-0.15, -0.1) is 19.0 Å². The third kappa shape index (κ3) is 26.1. The summed E-state index contributed by atoms with van der Waals surface area (Å²) in [5.74, 6) is -1.60. The molecule has 23 heteroatoms. The third-order valence-electron chi connectivity index (χ3n) is 6.64. The van der Waals surface area contributed by atoms with E-state index in [9.17, 15) is 24.6 Å². The summed E-state index contributed by atoms with van der Waals surface area (Å²) in [4.78, 5) is 40.6. The van der Waals surface area contributed by atoms with E-state index in [2.05, 4.69) is 6.58 Å². The van der Waals surface area contributed by atoms with Crippen LogP contribution in [0.15, 0.2) is 12.7 Å². The van der Waals surface area contributed by atoms with Gasteiger partial charge in [0.2, 0.25) is 0 Å². The fraction of sp³-hybridized carbons (Fsp3) is 0.667. The minimum atomic E-state index is -1.16. The van der Waals surface area contributed by atoms with E-state index in [0.717, 1.165) is 37.9 Å². The Morgan fingerprint density at radius 2 is 1.06 bits per heavy atom. The number of thioether (sulfide) groups is 2. The molecule has 2 atom stereocenters. The molecule has 2 fully saturated rings. The van der Waals surface area contributed by atoms with Crippen LogP contribution in [0.25, 0.3) is 0 Å². The maximum Gasteiger partial charge on any atom is 1.00 e. The van der Waals surface area contributed by atoms with Crippen LogP contribution in [-0.2, 0) is 39.6 Å². The molecular weight excluding hydrogens is 905 g/mol. The number of halogens is 4. The standard InChI is InChI=1S/C16H24N2O4S4.C6H10N2S4.C4H8O.CHCl3.ClH.2Na/c1-5-15(3,11(19)20)25-13(23)17-7-9-18(10-8-17)14(24)26-16(4,6-2)12(21)22;9-5(10)7-1-2-8(4-3-7)6(11)12;1-3-4(2)5;2-1(3)4;;;/h5H,1,6-10H2,2-4H3,(H,19,20)(H,21,22);1-4H2,(H,9,10)(H,11,12);3H2,1-2H3;1H;1H;;/q;;;;;2*+1/p-2. The number of hydrogen-bond acceptors (Lipinski definition) is 11. The van der Waals surface area contributed by atoms with Crippen LogP contribution in [0.4, 0.5) is 0 Å². The molecule has 2 saturated heterocycles. The topological polar surface area (TPSA) is 105 Å². The van der Waals surface area contributed by atoms with Crippen LogP contribution in [0.2, 0.25) is 0 Å². The first-order chi connectivity index (χ1) is 21.6. The molecule has 2 N–H and O–H groups in total. The Kier molecular flexibility index (Phi) is 39.7. The number of hydrogen-bond donors (Lipinski definition) is 2. The van der Waals surface area contributed by atoms with Crippen LogP contribution < -0.4 is 59.1 Å². The number of rotatable bonds is 7. The summed E-state index contributed by atoms with van der Waals surface area (Å²) in [6, 6.07) is 0. The molecule has 0 aromatic rings. The monoisotopic (exact) mass is 944 g/mol. The van der Waals surface area contributed by atoms with Crippen molar-refractivity contribution < 1.29 is 83.7 Å². The minimum Gasteiger partial charge on any atom is -0.480 e. The molecule has 2 rings (SSSR count). The molecule has 0 spiro atoms. The molecule has 0 aromatic carbocycles. The Morgan fingerprint density at radius 1 is 0.780 bits per heavy atom. The van der Waals surface area contributed by atoms with Crippen LogP contribution in [0.3, 0.4) is 0 Å². The van der Waals surface area contributed by atoms with E-state index >= 15 is 0 Å². The molecule has 0 aliphatic carbocycles. The van der Waals surface area contributed by atoms with E-state index < -0.39 is 25.7 Å². The predicted octanol–water partition coefficient (Wildman–Crippen LogP) is 0.592. The first kappa shape index (κ1) is 61.4. The molecule has 2 aliphatic rings. The van der Waals surface area contributed by atoms with Crippen molar-refractivity contribution in [2.75, 3.05) is 52.4 Å². The zero-order valence-electron chi connectivity index (χ0n) is 29.1. The second-order valence-corrected chi connectivity index (χ2v) is 18.3. The number of piperazine rings is 2. The molecule has 0 bridgehead atoms. The van der Waals surface area contributed by atoms with Crippen molar-refractivity contribution in [1.82, 2.24) is 19.6 Å². The molecule has 9 nitrogen and oxygen atoms in total. The number of thiocarbonyl (C=S) groups is 4. The summed E-state index contributed by atoms with van der Waals surface area (Å²) in [5.41, 5.74) is 0. The van der Waals surface area contributed by atoms with Gasteiger partial charge in [-0.2, -0.15) is 0 Å². The third-order valence-corrected chi connectivity index (χ3v) is 11.2. The second-order valence-electron chi connectivity index (χ2n) is 10.0. The largest absolute Gasteiger partial charge is 1.00 e. The number of nitrogens with zero attached hydrogens (tertiary/aromatic N) is 4. The van der Waals surface area contributed by atoms with Gasteiger partial charge in [0, 0.05) is 58.8 Å². The van der Waals surface area contributed by atoms with Gasteiger partial charge in [0.15, 0.2) is 4.30 Å². The van der Waals surface area contributed by atoms with Gasteiger partial charge >= 0.3 is 71.1 Å². The van der Waals surface area contributed by atoms with Crippen molar-refractivity contribution in [3.8, 4) is 0 Å². The molecule has 0 amide bonds. The number of carbonyl (C=O) groups excluding carboxylic acids is 1. The summed E-state index contributed by atoms with van der Waals surface area (Å²) in [6.07, 6.45) is 2.52. The molecule has 278 valence electrons. The Bertz CT molecular complexity index is 1100. The van der Waals surface area contributed by atoms with Gasteiger partial charge in [-0.1, -0.05) is 111 Å². The Hall–Kier alpha value is 2.21. The minimum absolute atomic E-state index is 0. The van der Waals surface area contributed by atoms with Gasteiger partial charge < -0.3 is 84.3 Å². The fourth-order valence-corrected chi connectivity index (χ4v) is 7.03. The normalized spacial score (nSPS) is 15.7. The summed E-state index contributed by atoms with van der Waals surface area (Å²) < 4.78 is -0.681. The van der Waals surface area contributed by atoms with E-state index in [-0.39, 0.29) is 77.3 Å². The number of Topliss-reactive ketones (excluding diaryl/α,β-unsaturated/α-hetero) is 1. The molecule has 2 aliphatic heterocycles. The second kappa shape index (κ2) is 32.3. The van der Waals surface area contributed by atoms with Crippen LogP contribution in [-0.4, -0.2) is 131 Å². The van der Waals surface area contributed by atoms with Crippen LogP contribution >= 0.6 is 120 Å². The summed E-state index contributed by atoms with van der Waals surface area (Å²) >= 11 is 47.1. The fourth-order valence-electron chi connectivity index (χ4n) is 3.09. The van der Waals surface area contributed by atoms with Gasteiger partial charge in [-0.05, 0) is 27.2 Å². The van der Waals surface area contributed by atoms with E-state index in [4.69, 9.17) is 109 Å². The Morgan fingerprint density at radius 3 is 1.26 bits per heavy atom. The van der Waals surface area contributed by atoms with Crippen LogP contribution in [0, 0.1) is 0 Å². The van der Waals surface area contributed by atoms with E-state index in [1.807, 2.05) is 33.4 Å². The van der Waals surface area contributed by atoms with E-state index in [0.29, 0.717) is 56.3 Å². The zero-order valence-corrected chi connectivity index (χ0v) is 42.8. The quantitative estimate of drug-likeness (QED) is 0.122. The smallest absolute Gasteiger partial charge is 0.480 e. The van der Waals surface area contributed by atoms with E-state index in [1.54, 1.807) is 20.8 Å². The number of ketones is 1. The molecule has 2 unspecified atom stereocenters. The van der Waals surface area contributed by atoms with Crippen molar-refractivity contribution in [3.05, 3.63) is 12.7 Å². The first-order valence-corrected chi connectivity index (χ1v) is 19.4. The number of carboxylic acid groups (broad SMARTS) is 2. The van der Waals surface area contributed by atoms with Crippen molar-refractivity contribution in [3.63, 3.8) is 0 Å². The Balaban J connectivity index is -0.000000233. The van der Waals surface area contributed by atoms with Crippen molar-refractivity contribution in [2.24, 2.45) is 0 Å². The summed E-state index contributed by atoms with van der Waals surface area (Å²) in [6.45, 7) is 17.9. The molecular formula is C27H42Cl4N4Na2O5S8. The summed E-state index contributed by atoms with van der Waals surface area (Å²) in [7, 11) is 0. The molecule has 0 aromatic heterocycles. The maximum absolute atomic E-state index is 11.4. The number of aliphatic carboxylic acids is 2. The molecule has 2 heterocycles. The van der Waals surface area contributed by atoms with E-state index in [1.165, 1.54) is 17.8 Å². The van der Waals surface area contributed by atoms with Gasteiger partial charge in [0.05, 0.1) is 0 Å². The van der Waals surface area contributed by atoms with Gasteiger partial charge in [0.1, 0.15) is 23.9 Å². The number of carboxylic acids is 2. The predicted molar refractivity (Wildman–Crippen MR) is 229 cm³/mol. The van der Waals surface area contributed by atoms with Crippen molar-refractivity contribution in [1.29, 1.82) is 0 Å². The first-order valence-electron chi connectivity index (χ1n) is 14.0. The van der Waals surface area contributed by atoms with Gasteiger partial charge in [-0.3, -0.25) is 9.59 Å². The van der Waals surface area contributed by atoms with Gasteiger partial charge in [-0.25, -0.2) is 0 Å². The zero-order chi connectivity index (χ0) is 37.1. The summed E-state index contributed by atoms with van der Waals surface area (Å²) in [5, 5.41) is 18.7. The Labute approximate surface area is 404 Å². The molecule has 0 saturated carbocycles. The average molecular weight is 947 g/mol. The molecule has 50 heavy (non-hydrogen) atoms. The van der Waals surface area contributed by atoms with Crippen LogP contribution in [0.5, 0.6) is 0 Å².